The number of hydrogen-bond donors (Lipinski definition) is 2. The van der Waals surface area contributed by atoms with Gasteiger partial charge in [-0.3, -0.25) is 24.1 Å². The summed E-state index contributed by atoms with van der Waals surface area (Å²) in [5.74, 6) is 2.45. The molecule has 12 heteroatoms. The molecule has 0 unspecified atom stereocenters. The smallest absolute Gasteiger partial charge is 0.255 e. The van der Waals surface area contributed by atoms with E-state index in [1.807, 2.05) is 87.2 Å². The third-order valence-electron chi connectivity index (χ3n) is 7.60. The van der Waals surface area contributed by atoms with Crippen molar-refractivity contribution in [1.29, 1.82) is 0 Å². The number of hydrogen-bond acceptors (Lipinski definition) is 9. The SMILES string of the molecule is Cn1cc(-c2cc(Oc3cccc(N)c3)ccn2)cn1.Cn1cc(-c2cc(Oc3cccc(NC(=O)c4ccc5occc5c4)c3)ccn2)cn1. The lowest BCUT2D eigenvalue weighted by atomic mass is 10.1. The van der Waals surface area contributed by atoms with Gasteiger partial charge in [0.15, 0.2) is 0 Å². The molecule has 0 aliphatic carbocycles. The van der Waals surface area contributed by atoms with Gasteiger partial charge in [-0.2, -0.15) is 10.2 Å². The van der Waals surface area contributed by atoms with Crippen LogP contribution in [-0.4, -0.2) is 35.4 Å². The van der Waals surface area contributed by atoms with Gasteiger partial charge in [0.05, 0.1) is 30.0 Å². The third kappa shape index (κ3) is 8.09. The molecule has 5 heterocycles. The van der Waals surface area contributed by atoms with E-state index in [0.29, 0.717) is 39.9 Å². The van der Waals surface area contributed by atoms with E-state index in [2.05, 4.69) is 25.5 Å². The molecule has 0 saturated heterocycles. The molecule has 8 aromatic rings. The number of benzene rings is 3. The van der Waals surface area contributed by atoms with E-state index >= 15 is 0 Å². The van der Waals surface area contributed by atoms with Gasteiger partial charge >= 0.3 is 0 Å². The highest BCUT2D eigenvalue weighted by atomic mass is 16.5. The number of ether oxygens (including phenoxy) is 2. The van der Waals surface area contributed by atoms with Crippen LogP contribution >= 0.6 is 0 Å². The van der Waals surface area contributed by atoms with Crippen molar-refractivity contribution in [2.75, 3.05) is 11.1 Å². The Kier molecular flexibility index (Phi) is 9.20. The molecule has 3 aromatic carbocycles. The van der Waals surface area contributed by atoms with Crippen LogP contribution in [0.25, 0.3) is 33.5 Å². The van der Waals surface area contributed by atoms with Crippen molar-refractivity contribution in [1.82, 2.24) is 29.5 Å². The Hall–Kier alpha value is -7.21. The fourth-order valence-corrected chi connectivity index (χ4v) is 5.17. The zero-order chi connectivity index (χ0) is 35.2. The Morgan fingerprint density at radius 2 is 1.31 bits per heavy atom. The highest BCUT2D eigenvalue weighted by Gasteiger charge is 2.10. The summed E-state index contributed by atoms with van der Waals surface area (Å²) in [6.45, 7) is 0. The van der Waals surface area contributed by atoms with Crippen molar-refractivity contribution in [3.63, 3.8) is 0 Å². The monoisotopic (exact) mass is 676 g/mol. The number of amides is 1. The number of nitrogen functional groups attached to an aromatic ring is 1. The second kappa shape index (κ2) is 14.5. The van der Waals surface area contributed by atoms with Crippen molar-refractivity contribution in [2.45, 2.75) is 0 Å². The summed E-state index contributed by atoms with van der Waals surface area (Å²) in [6, 6.07) is 29.0. The number of aromatic nitrogens is 6. The summed E-state index contributed by atoms with van der Waals surface area (Å²) in [7, 11) is 3.73. The molecule has 0 bridgehead atoms. The molecule has 0 fully saturated rings. The maximum atomic E-state index is 12.7. The van der Waals surface area contributed by atoms with Crippen molar-refractivity contribution in [2.24, 2.45) is 14.1 Å². The summed E-state index contributed by atoms with van der Waals surface area (Å²) < 4.78 is 20.6. The van der Waals surface area contributed by atoms with Gasteiger partial charge in [-0.05, 0) is 60.7 Å². The molecule has 0 atom stereocenters. The van der Waals surface area contributed by atoms with Gasteiger partial charge in [0.1, 0.15) is 28.6 Å². The van der Waals surface area contributed by atoms with Crippen LogP contribution in [0.2, 0.25) is 0 Å². The molecule has 0 aliphatic rings. The average molecular weight is 677 g/mol. The Morgan fingerprint density at radius 1 is 0.706 bits per heavy atom. The molecule has 1 amide bonds. The van der Waals surface area contributed by atoms with Crippen molar-refractivity contribution in [3.8, 4) is 45.5 Å². The van der Waals surface area contributed by atoms with Gasteiger partial charge in [0, 0.05) is 96.6 Å². The number of rotatable bonds is 8. The van der Waals surface area contributed by atoms with Crippen LogP contribution in [0.1, 0.15) is 10.4 Å². The zero-order valence-corrected chi connectivity index (χ0v) is 27.7. The Morgan fingerprint density at radius 3 is 1.92 bits per heavy atom. The normalized spacial score (nSPS) is 10.7. The van der Waals surface area contributed by atoms with Crippen LogP contribution < -0.4 is 20.5 Å². The first-order valence-electron chi connectivity index (χ1n) is 15.8. The molecule has 0 saturated carbocycles. The standard InChI is InChI=1S/C24H18N4O3.C15H14N4O/c1-28-15-18(14-26-28)22-13-21(7-9-25-22)31-20-4-2-3-19(12-20)27-24(29)17-5-6-23-16(11-17)8-10-30-23;1-19-10-11(9-18-19)15-8-14(5-6-17-15)20-13-4-2-3-12(16)7-13/h2-15H,1H3,(H,27,29);2-10H,16H2,1H3. The Balaban J connectivity index is 0.000000175. The largest absolute Gasteiger partial charge is 0.464 e. The summed E-state index contributed by atoms with van der Waals surface area (Å²) in [4.78, 5) is 21.4. The van der Waals surface area contributed by atoms with Crippen LogP contribution in [0, 0.1) is 0 Å². The first-order chi connectivity index (χ1) is 24.8. The maximum Gasteiger partial charge on any atom is 0.255 e. The summed E-state index contributed by atoms with van der Waals surface area (Å²) >= 11 is 0. The molecule has 51 heavy (non-hydrogen) atoms. The van der Waals surface area contributed by atoms with E-state index in [1.54, 1.807) is 76.8 Å². The number of nitrogens with zero attached hydrogens (tertiary/aromatic N) is 6. The Labute approximate surface area is 292 Å². The molecule has 3 N–H and O–H groups in total. The molecule has 12 nitrogen and oxygen atoms in total. The van der Waals surface area contributed by atoms with E-state index in [9.17, 15) is 4.79 Å². The third-order valence-corrected chi connectivity index (χ3v) is 7.60. The fourth-order valence-electron chi connectivity index (χ4n) is 5.17. The quantitative estimate of drug-likeness (QED) is 0.152. The van der Waals surface area contributed by atoms with E-state index in [1.165, 1.54) is 0 Å². The number of anilines is 2. The molecule has 0 radical (unpaired) electrons. The molecular weight excluding hydrogens is 644 g/mol. The molecule has 5 aromatic heterocycles. The van der Waals surface area contributed by atoms with Gasteiger partial charge in [0.2, 0.25) is 0 Å². The van der Waals surface area contributed by atoms with Crippen LogP contribution in [0.3, 0.4) is 0 Å². The first kappa shape index (κ1) is 32.3. The summed E-state index contributed by atoms with van der Waals surface area (Å²) in [5.41, 5.74) is 11.8. The van der Waals surface area contributed by atoms with Crippen molar-refractivity contribution >= 4 is 28.3 Å². The van der Waals surface area contributed by atoms with Crippen molar-refractivity contribution in [3.05, 3.63) is 146 Å². The number of pyridine rings is 2. The molecule has 0 spiro atoms. The second-order valence-corrected chi connectivity index (χ2v) is 11.5. The number of aryl methyl sites for hydroxylation is 2. The number of furan rings is 1. The second-order valence-electron chi connectivity index (χ2n) is 11.5. The minimum Gasteiger partial charge on any atom is -0.464 e. The van der Waals surface area contributed by atoms with E-state index < -0.39 is 0 Å². The minimum atomic E-state index is -0.206. The summed E-state index contributed by atoms with van der Waals surface area (Å²) in [6.07, 6.45) is 12.3. The highest BCUT2D eigenvalue weighted by molar-refractivity contribution is 6.06. The van der Waals surface area contributed by atoms with Gasteiger partial charge in [-0.25, -0.2) is 0 Å². The van der Waals surface area contributed by atoms with E-state index in [0.717, 1.165) is 33.5 Å². The van der Waals surface area contributed by atoms with Crippen LogP contribution in [0.4, 0.5) is 11.4 Å². The lowest BCUT2D eigenvalue weighted by Crippen LogP contribution is -2.11. The highest BCUT2D eigenvalue weighted by Crippen LogP contribution is 2.28. The lowest BCUT2D eigenvalue weighted by molar-refractivity contribution is 0.102. The maximum absolute atomic E-state index is 12.7. The lowest BCUT2D eigenvalue weighted by Gasteiger charge is -2.10. The van der Waals surface area contributed by atoms with Crippen molar-refractivity contribution < 1.29 is 18.7 Å². The zero-order valence-electron chi connectivity index (χ0n) is 27.7. The topological polar surface area (TPSA) is 148 Å². The van der Waals surface area contributed by atoms with Crippen LogP contribution in [0.15, 0.2) is 145 Å². The van der Waals surface area contributed by atoms with Gasteiger partial charge < -0.3 is 24.9 Å². The van der Waals surface area contributed by atoms with E-state index in [-0.39, 0.29) is 5.91 Å². The number of nitrogens with one attached hydrogen (secondary N) is 1. The number of fused-ring (bicyclic) bond motifs is 1. The number of carbonyl (C=O) groups excluding carboxylic acids is 1. The minimum absolute atomic E-state index is 0.206. The van der Waals surface area contributed by atoms with Crippen LogP contribution in [-0.2, 0) is 14.1 Å². The van der Waals surface area contributed by atoms with Gasteiger partial charge in [-0.1, -0.05) is 12.1 Å². The first-order valence-corrected chi connectivity index (χ1v) is 15.8. The Bertz CT molecular complexity index is 2450. The molecule has 252 valence electrons. The molecule has 8 rings (SSSR count). The van der Waals surface area contributed by atoms with E-state index in [4.69, 9.17) is 19.6 Å². The van der Waals surface area contributed by atoms with Gasteiger partial charge in [-0.15, -0.1) is 0 Å². The predicted octanol–water partition coefficient (Wildman–Crippen LogP) is 8.13. The molecular formula is C39H32N8O4. The number of carbonyl (C=O) groups is 1. The fraction of sp³-hybridized carbons (Fsp3) is 0.0513. The summed E-state index contributed by atoms with van der Waals surface area (Å²) in [5, 5.41) is 12.1. The van der Waals surface area contributed by atoms with Crippen LogP contribution in [0.5, 0.6) is 23.0 Å². The molecule has 0 aliphatic heterocycles. The van der Waals surface area contributed by atoms with Gasteiger partial charge in [0.25, 0.3) is 5.91 Å². The average Bonchev–Trinajstić information content (AvgIpc) is 3.90. The predicted molar refractivity (Wildman–Crippen MR) is 194 cm³/mol. The number of nitrogens with two attached hydrogens (primary N) is 1.